The number of halogens is 4. The summed E-state index contributed by atoms with van der Waals surface area (Å²) in [5, 5.41) is 3.16. The smallest absolute Gasteiger partial charge is 0.314 e. The molecule has 6 heteroatoms. The number of hydrogen-bond acceptors (Lipinski definition) is 2. The highest BCUT2D eigenvalue weighted by Gasteiger charge is 2.31. The van der Waals surface area contributed by atoms with Gasteiger partial charge in [0.15, 0.2) is 0 Å². The minimum atomic E-state index is -4.49. The maximum absolute atomic E-state index is 13.6. The van der Waals surface area contributed by atoms with E-state index in [0.717, 1.165) is 32.2 Å². The molecule has 0 bridgehead atoms. The average Bonchev–Trinajstić information content (AvgIpc) is 2.32. The summed E-state index contributed by atoms with van der Waals surface area (Å²) in [6.07, 6.45) is -4.49. The Kier molecular flexibility index (Phi) is 3.87. The van der Waals surface area contributed by atoms with Gasteiger partial charge in [0.05, 0.1) is 5.56 Å². The SMILES string of the molecule is Fc1cc(C(F)(F)F)ccc1CN1CCNCC1. The second kappa shape index (κ2) is 5.24. The summed E-state index contributed by atoms with van der Waals surface area (Å²) >= 11 is 0. The summed E-state index contributed by atoms with van der Waals surface area (Å²) in [6, 6.07) is 2.72. The zero-order valence-electron chi connectivity index (χ0n) is 9.73. The molecule has 18 heavy (non-hydrogen) atoms. The molecule has 1 N–H and O–H groups in total. The lowest BCUT2D eigenvalue weighted by molar-refractivity contribution is -0.137. The van der Waals surface area contributed by atoms with Crippen LogP contribution in [0.25, 0.3) is 0 Å². The predicted octanol–water partition coefficient (Wildman–Crippen LogP) is 2.25. The van der Waals surface area contributed by atoms with Gasteiger partial charge in [0.1, 0.15) is 5.82 Å². The van der Waals surface area contributed by atoms with Gasteiger partial charge >= 0.3 is 6.18 Å². The Labute approximate surface area is 103 Å². The molecule has 100 valence electrons. The van der Waals surface area contributed by atoms with Crippen LogP contribution in [0.4, 0.5) is 17.6 Å². The molecule has 0 aliphatic carbocycles. The number of alkyl halides is 3. The molecule has 0 spiro atoms. The third-order valence-electron chi connectivity index (χ3n) is 2.98. The molecule has 1 fully saturated rings. The zero-order valence-corrected chi connectivity index (χ0v) is 9.73. The minimum Gasteiger partial charge on any atom is -0.314 e. The van der Waals surface area contributed by atoms with Crippen molar-refractivity contribution in [3.8, 4) is 0 Å². The molecular weight excluding hydrogens is 248 g/mol. The standard InChI is InChI=1S/C12H14F4N2/c13-11-7-10(12(14,15)16)2-1-9(11)8-18-5-3-17-4-6-18/h1-2,7,17H,3-6,8H2. The lowest BCUT2D eigenvalue weighted by Gasteiger charge is -2.27. The number of nitrogens with one attached hydrogen (secondary N) is 1. The van der Waals surface area contributed by atoms with Crippen LogP contribution in [0.3, 0.4) is 0 Å². The van der Waals surface area contributed by atoms with E-state index in [0.29, 0.717) is 18.2 Å². The van der Waals surface area contributed by atoms with Crippen molar-refractivity contribution >= 4 is 0 Å². The Balaban J connectivity index is 2.09. The van der Waals surface area contributed by atoms with Crippen LogP contribution >= 0.6 is 0 Å². The van der Waals surface area contributed by atoms with Gasteiger partial charge in [-0.25, -0.2) is 4.39 Å². The van der Waals surface area contributed by atoms with E-state index in [1.54, 1.807) is 0 Å². The van der Waals surface area contributed by atoms with Crippen LogP contribution in [0.5, 0.6) is 0 Å². The van der Waals surface area contributed by atoms with E-state index in [1.165, 1.54) is 6.07 Å². The highest BCUT2D eigenvalue weighted by Crippen LogP contribution is 2.30. The van der Waals surface area contributed by atoms with E-state index in [2.05, 4.69) is 5.32 Å². The summed E-state index contributed by atoms with van der Waals surface area (Å²) in [4.78, 5) is 2.02. The van der Waals surface area contributed by atoms with Crippen LogP contribution in [0.2, 0.25) is 0 Å². The first-order chi connectivity index (χ1) is 8.47. The summed E-state index contributed by atoms with van der Waals surface area (Å²) in [7, 11) is 0. The molecule has 0 saturated carbocycles. The zero-order chi connectivity index (χ0) is 13.2. The van der Waals surface area contributed by atoms with Crippen molar-refractivity contribution < 1.29 is 17.6 Å². The van der Waals surface area contributed by atoms with E-state index in [4.69, 9.17) is 0 Å². The number of rotatable bonds is 2. The Bertz CT molecular complexity index is 411. The molecule has 1 aliphatic heterocycles. The lowest BCUT2D eigenvalue weighted by atomic mass is 10.1. The molecule has 1 aliphatic rings. The molecule has 2 nitrogen and oxygen atoms in total. The van der Waals surface area contributed by atoms with Crippen molar-refractivity contribution in [1.29, 1.82) is 0 Å². The quantitative estimate of drug-likeness (QED) is 0.822. The van der Waals surface area contributed by atoms with Gasteiger partial charge in [-0.1, -0.05) is 6.07 Å². The molecule has 0 amide bonds. The lowest BCUT2D eigenvalue weighted by Crippen LogP contribution is -2.43. The van der Waals surface area contributed by atoms with Crippen LogP contribution in [-0.2, 0) is 12.7 Å². The normalized spacial score (nSPS) is 18.0. The van der Waals surface area contributed by atoms with Gasteiger partial charge in [-0.2, -0.15) is 13.2 Å². The van der Waals surface area contributed by atoms with Crippen LogP contribution in [0.15, 0.2) is 18.2 Å². The Morgan fingerprint density at radius 2 is 1.83 bits per heavy atom. The van der Waals surface area contributed by atoms with Gasteiger partial charge < -0.3 is 5.32 Å². The molecular formula is C12H14F4N2. The van der Waals surface area contributed by atoms with Gasteiger partial charge in [0.2, 0.25) is 0 Å². The number of benzene rings is 1. The molecule has 0 aromatic heterocycles. The second-order valence-electron chi connectivity index (χ2n) is 4.33. The van der Waals surface area contributed by atoms with Crippen LogP contribution in [0, 0.1) is 5.82 Å². The number of nitrogens with zero attached hydrogens (tertiary/aromatic N) is 1. The fraction of sp³-hybridized carbons (Fsp3) is 0.500. The first-order valence-electron chi connectivity index (χ1n) is 5.75. The van der Waals surface area contributed by atoms with Crippen molar-refractivity contribution in [3.63, 3.8) is 0 Å². The monoisotopic (exact) mass is 262 g/mol. The van der Waals surface area contributed by atoms with Crippen molar-refractivity contribution in [1.82, 2.24) is 10.2 Å². The van der Waals surface area contributed by atoms with E-state index < -0.39 is 17.6 Å². The van der Waals surface area contributed by atoms with Crippen molar-refractivity contribution in [2.24, 2.45) is 0 Å². The Morgan fingerprint density at radius 3 is 2.39 bits per heavy atom. The second-order valence-corrected chi connectivity index (χ2v) is 4.33. The highest BCUT2D eigenvalue weighted by atomic mass is 19.4. The molecule has 1 heterocycles. The average molecular weight is 262 g/mol. The van der Waals surface area contributed by atoms with Crippen LogP contribution in [-0.4, -0.2) is 31.1 Å². The van der Waals surface area contributed by atoms with Gasteiger partial charge in [-0.3, -0.25) is 4.90 Å². The first kappa shape index (κ1) is 13.3. The van der Waals surface area contributed by atoms with Gasteiger partial charge in [-0.05, 0) is 12.1 Å². The van der Waals surface area contributed by atoms with Gasteiger partial charge in [0.25, 0.3) is 0 Å². The molecule has 1 aromatic rings. The van der Waals surface area contributed by atoms with Crippen molar-refractivity contribution in [2.45, 2.75) is 12.7 Å². The third kappa shape index (κ3) is 3.20. The van der Waals surface area contributed by atoms with E-state index in [-0.39, 0.29) is 0 Å². The number of piperazine rings is 1. The fourth-order valence-electron chi connectivity index (χ4n) is 1.96. The predicted molar refractivity (Wildman–Crippen MR) is 59.5 cm³/mol. The van der Waals surface area contributed by atoms with Crippen molar-refractivity contribution in [2.75, 3.05) is 26.2 Å². The summed E-state index contributed by atoms with van der Waals surface area (Å²) in [5.74, 6) is -0.789. The Morgan fingerprint density at radius 1 is 1.17 bits per heavy atom. The van der Waals surface area contributed by atoms with E-state index in [1.807, 2.05) is 4.90 Å². The Hall–Kier alpha value is -1.14. The maximum atomic E-state index is 13.6. The summed E-state index contributed by atoms with van der Waals surface area (Å²) in [5.41, 5.74) is -0.631. The third-order valence-corrected chi connectivity index (χ3v) is 2.98. The first-order valence-corrected chi connectivity index (χ1v) is 5.75. The van der Waals surface area contributed by atoms with E-state index >= 15 is 0 Å². The topological polar surface area (TPSA) is 15.3 Å². The van der Waals surface area contributed by atoms with Crippen LogP contribution in [0.1, 0.15) is 11.1 Å². The molecule has 0 unspecified atom stereocenters. The van der Waals surface area contributed by atoms with Gasteiger partial charge in [0, 0.05) is 38.3 Å². The van der Waals surface area contributed by atoms with E-state index in [9.17, 15) is 17.6 Å². The molecule has 1 aromatic carbocycles. The largest absolute Gasteiger partial charge is 0.416 e. The molecule has 2 rings (SSSR count). The van der Waals surface area contributed by atoms with Crippen LogP contribution < -0.4 is 5.32 Å². The minimum absolute atomic E-state index is 0.310. The summed E-state index contributed by atoms with van der Waals surface area (Å²) < 4.78 is 50.7. The highest BCUT2D eigenvalue weighted by molar-refractivity contribution is 5.26. The molecule has 0 radical (unpaired) electrons. The summed E-state index contributed by atoms with van der Waals surface area (Å²) in [6.45, 7) is 3.55. The van der Waals surface area contributed by atoms with Crippen molar-refractivity contribution in [3.05, 3.63) is 35.1 Å². The van der Waals surface area contributed by atoms with Gasteiger partial charge in [-0.15, -0.1) is 0 Å². The molecule has 0 atom stereocenters. The molecule has 1 saturated heterocycles. The fourth-order valence-corrected chi connectivity index (χ4v) is 1.96. The maximum Gasteiger partial charge on any atom is 0.416 e. The number of hydrogen-bond donors (Lipinski definition) is 1.